The van der Waals surface area contributed by atoms with Gasteiger partial charge in [-0.15, -0.1) is 0 Å². The van der Waals surface area contributed by atoms with Crippen LogP contribution >= 0.6 is 15.9 Å². The van der Waals surface area contributed by atoms with Crippen LogP contribution in [0.5, 0.6) is 0 Å². The van der Waals surface area contributed by atoms with E-state index in [1.807, 2.05) is 0 Å². The van der Waals surface area contributed by atoms with E-state index in [2.05, 4.69) is 31.8 Å². The number of hydrazone groups is 1. The Labute approximate surface area is 170 Å². The molecule has 8 nitrogen and oxygen atoms in total. The van der Waals surface area contributed by atoms with Gasteiger partial charge in [-0.1, -0.05) is 12.1 Å². The molecule has 2 N–H and O–H groups in total. The first-order valence-electron chi connectivity index (χ1n) is 7.79. The number of hydrogen-bond donors (Lipinski definition) is 2. The Bertz CT molecular complexity index is 979. The Morgan fingerprint density at radius 2 is 1.90 bits per heavy atom. The number of nitro groups is 1. The van der Waals surface area contributed by atoms with Crippen molar-refractivity contribution in [3.63, 3.8) is 0 Å². The summed E-state index contributed by atoms with van der Waals surface area (Å²) in [4.78, 5) is 33.8. The Hall–Kier alpha value is -3.28. The molecular weight excluding hydrogens is 461 g/mol. The largest absolute Gasteiger partial charge is 0.416 e. The molecule has 0 radical (unpaired) electrons. The highest BCUT2D eigenvalue weighted by Crippen LogP contribution is 2.30. The van der Waals surface area contributed by atoms with Crippen LogP contribution < -0.4 is 10.7 Å². The molecule has 2 amide bonds. The summed E-state index contributed by atoms with van der Waals surface area (Å²) < 4.78 is 38.2. The van der Waals surface area contributed by atoms with E-state index >= 15 is 0 Å². The molecule has 2 rings (SSSR count). The van der Waals surface area contributed by atoms with Crippen LogP contribution in [0.3, 0.4) is 0 Å². The zero-order valence-electron chi connectivity index (χ0n) is 14.4. The second kappa shape index (κ2) is 9.28. The summed E-state index contributed by atoms with van der Waals surface area (Å²) in [7, 11) is 0. The number of nitrogens with zero attached hydrogens (tertiary/aromatic N) is 2. The van der Waals surface area contributed by atoms with Crippen LogP contribution in [0.2, 0.25) is 0 Å². The Balaban J connectivity index is 1.91. The van der Waals surface area contributed by atoms with Crippen molar-refractivity contribution < 1.29 is 27.7 Å². The van der Waals surface area contributed by atoms with E-state index in [9.17, 15) is 32.9 Å². The van der Waals surface area contributed by atoms with Crippen LogP contribution in [0.1, 0.15) is 17.5 Å². The number of rotatable bonds is 6. The number of anilines is 1. The predicted molar refractivity (Wildman–Crippen MR) is 101 cm³/mol. The number of benzene rings is 2. The van der Waals surface area contributed by atoms with Gasteiger partial charge in [-0.3, -0.25) is 19.7 Å². The van der Waals surface area contributed by atoms with Crippen LogP contribution in [-0.2, 0) is 15.8 Å². The molecule has 12 heteroatoms. The normalized spacial score (nSPS) is 11.3. The van der Waals surface area contributed by atoms with Gasteiger partial charge in [0.05, 0.1) is 21.2 Å². The standard InChI is InChI=1S/C17H12BrF3N4O4/c18-13-5-4-10(6-14(13)25(28)29)9-22-24-16(27)8-15(26)23-12-3-1-2-11(7-12)17(19,20)21/h1-7,9H,8H2,(H,23,26)(H,24,27). The fourth-order valence-corrected chi connectivity index (χ4v) is 2.48. The van der Waals surface area contributed by atoms with Crippen LogP contribution in [0.25, 0.3) is 0 Å². The number of nitro benzene ring substituents is 1. The Morgan fingerprint density at radius 1 is 1.17 bits per heavy atom. The minimum Gasteiger partial charge on any atom is -0.326 e. The fourth-order valence-electron chi connectivity index (χ4n) is 2.09. The molecule has 0 heterocycles. The summed E-state index contributed by atoms with van der Waals surface area (Å²) in [6, 6.07) is 8.14. The minimum atomic E-state index is -4.56. The summed E-state index contributed by atoms with van der Waals surface area (Å²) in [5.74, 6) is -1.66. The molecule has 2 aromatic rings. The highest BCUT2D eigenvalue weighted by molar-refractivity contribution is 9.10. The van der Waals surface area contributed by atoms with Crippen LogP contribution in [0.15, 0.2) is 52.0 Å². The van der Waals surface area contributed by atoms with Crippen molar-refractivity contribution in [3.05, 3.63) is 68.2 Å². The van der Waals surface area contributed by atoms with Gasteiger partial charge in [0, 0.05) is 17.3 Å². The minimum absolute atomic E-state index is 0.108. The monoisotopic (exact) mass is 472 g/mol. The van der Waals surface area contributed by atoms with Gasteiger partial charge in [-0.05, 0) is 40.2 Å². The van der Waals surface area contributed by atoms with Crippen LogP contribution in [0.4, 0.5) is 24.5 Å². The predicted octanol–water partition coefficient (Wildman–Crippen LogP) is 3.86. The maximum atomic E-state index is 12.7. The topological polar surface area (TPSA) is 114 Å². The maximum absolute atomic E-state index is 12.7. The molecule has 0 aliphatic heterocycles. The Morgan fingerprint density at radius 3 is 2.55 bits per heavy atom. The van der Waals surface area contributed by atoms with Gasteiger partial charge in [0.1, 0.15) is 6.42 Å². The van der Waals surface area contributed by atoms with Crippen molar-refractivity contribution in [2.45, 2.75) is 12.6 Å². The number of alkyl halides is 3. The average molecular weight is 473 g/mol. The first-order chi connectivity index (χ1) is 13.6. The number of carbonyl (C=O) groups excluding carboxylic acids is 2. The second-order valence-electron chi connectivity index (χ2n) is 5.56. The molecule has 0 atom stereocenters. The highest BCUT2D eigenvalue weighted by atomic mass is 79.9. The second-order valence-corrected chi connectivity index (χ2v) is 6.42. The SMILES string of the molecule is O=C(CC(=O)Nc1cccc(C(F)(F)F)c1)NN=Cc1ccc(Br)c([N+](=O)[O-])c1. The van der Waals surface area contributed by atoms with Crippen LogP contribution in [-0.4, -0.2) is 23.0 Å². The van der Waals surface area contributed by atoms with E-state index in [1.54, 1.807) is 0 Å². The van der Waals surface area contributed by atoms with Crippen LogP contribution in [0, 0.1) is 10.1 Å². The van der Waals surface area contributed by atoms with Gasteiger partial charge in [0.15, 0.2) is 0 Å². The molecule has 0 saturated carbocycles. The average Bonchev–Trinajstić information content (AvgIpc) is 2.62. The van der Waals surface area contributed by atoms with E-state index in [0.717, 1.165) is 24.4 Å². The molecule has 0 fully saturated rings. The van der Waals surface area contributed by atoms with Gasteiger partial charge in [-0.25, -0.2) is 5.43 Å². The molecule has 152 valence electrons. The van der Waals surface area contributed by atoms with E-state index in [-0.39, 0.29) is 15.8 Å². The van der Waals surface area contributed by atoms with E-state index in [0.29, 0.717) is 5.56 Å². The van der Waals surface area contributed by atoms with Crippen molar-refractivity contribution >= 4 is 45.3 Å². The summed E-state index contributed by atoms with van der Waals surface area (Å²) >= 11 is 3.03. The molecule has 2 aromatic carbocycles. The van der Waals surface area contributed by atoms with Crippen molar-refractivity contribution in [1.82, 2.24) is 5.43 Å². The van der Waals surface area contributed by atoms with Crippen molar-refractivity contribution in [2.24, 2.45) is 5.10 Å². The number of carbonyl (C=O) groups is 2. The summed E-state index contributed by atoms with van der Waals surface area (Å²) in [6.45, 7) is 0. The molecule has 0 aromatic heterocycles. The van der Waals surface area contributed by atoms with E-state index in [4.69, 9.17) is 0 Å². The fraction of sp³-hybridized carbons (Fsp3) is 0.118. The third-order valence-electron chi connectivity index (χ3n) is 3.36. The lowest BCUT2D eigenvalue weighted by molar-refractivity contribution is -0.385. The molecular formula is C17H12BrF3N4O4. The van der Waals surface area contributed by atoms with E-state index < -0.39 is 34.9 Å². The van der Waals surface area contributed by atoms with E-state index in [1.165, 1.54) is 24.3 Å². The van der Waals surface area contributed by atoms with Gasteiger partial charge >= 0.3 is 6.18 Å². The number of hydrogen-bond acceptors (Lipinski definition) is 5. The molecule has 0 bridgehead atoms. The lowest BCUT2D eigenvalue weighted by Gasteiger charge is -2.09. The molecule has 0 unspecified atom stereocenters. The third-order valence-corrected chi connectivity index (χ3v) is 4.04. The maximum Gasteiger partial charge on any atom is 0.416 e. The van der Waals surface area contributed by atoms with Gasteiger partial charge < -0.3 is 5.32 Å². The summed E-state index contributed by atoms with van der Waals surface area (Å²) in [5, 5.41) is 16.6. The number of halogens is 4. The van der Waals surface area contributed by atoms with Gasteiger partial charge in [0.25, 0.3) is 5.69 Å². The first-order valence-corrected chi connectivity index (χ1v) is 8.58. The van der Waals surface area contributed by atoms with Crippen molar-refractivity contribution in [3.8, 4) is 0 Å². The highest BCUT2D eigenvalue weighted by Gasteiger charge is 2.30. The lowest BCUT2D eigenvalue weighted by atomic mass is 10.2. The van der Waals surface area contributed by atoms with Gasteiger partial charge in [0.2, 0.25) is 11.8 Å². The first kappa shape index (κ1) is 22.0. The zero-order chi connectivity index (χ0) is 21.6. The molecule has 0 aliphatic carbocycles. The molecule has 0 saturated heterocycles. The van der Waals surface area contributed by atoms with Crippen molar-refractivity contribution in [1.29, 1.82) is 0 Å². The smallest absolute Gasteiger partial charge is 0.326 e. The third kappa shape index (κ3) is 6.68. The molecule has 0 aliphatic rings. The molecule has 29 heavy (non-hydrogen) atoms. The quantitative estimate of drug-likeness (QED) is 0.287. The van der Waals surface area contributed by atoms with Crippen molar-refractivity contribution in [2.75, 3.05) is 5.32 Å². The Kier molecular flexibility index (Phi) is 7.04. The lowest BCUT2D eigenvalue weighted by Crippen LogP contribution is -2.24. The zero-order valence-corrected chi connectivity index (χ0v) is 16.0. The summed E-state index contributed by atoms with van der Waals surface area (Å²) in [6.07, 6.45) is -4.11. The van der Waals surface area contributed by atoms with Gasteiger partial charge in [-0.2, -0.15) is 18.3 Å². The number of nitrogens with one attached hydrogen (secondary N) is 2. The number of amides is 2. The molecule has 0 spiro atoms. The summed E-state index contributed by atoms with van der Waals surface area (Å²) in [5.41, 5.74) is 1.14.